The topological polar surface area (TPSA) is 50.3 Å². The molecule has 2 aromatic heterocycles. The van der Waals surface area contributed by atoms with Gasteiger partial charge in [-0.2, -0.15) is 0 Å². The molecule has 0 radical (unpaired) electrons. The summed E-state index contributed by atoms with van der Waals surface area (Å²) in [6.45, 7) is 5.87. The van der Waals surface area contributed by atoms with Crippen molar-refractivity contribution in [2.75, 3.05) is 44.7 Å². The average Bonchev–Trinajstić information content (AvgIpc) is 2.52. The third-order valence-electron chi connectivity index (χ3n) is 3.61. The predicted octanol–water partition coefficient (Wildman–Crippen LogP) is 2.53. The number of ether oxygens (including phenoxy) is 1. The molecule has 1 saturated heterocycles. The molecule has 1 N–H and O–H groups in total. The molecule has 0 aliphatic carbocycles. The van der Waals surface area contributed by atoms with Crippen molar-refractivity contribution in [2.45, 2.75) is 6.42 Å². The quantitative estimate of drug-likeness (QED) is 0.839. The summed E-state index contributed by atoms with van der Waals surface area (Å²) in [4.78, 5) is 11.2. The van der Waals surface area contributed by atoms with Gasteiger partial charge in [0.1, 0.15) is 5.52 Å². The minimum absolute atomic E-state index is 0.862. The fourth-order valence-electron chi connectivity index (χ4n) is 2.50. The zero-order chi connectivity index (χ0) is 14.5. The van der Waals surface area contributed by atoms with Crippen LogP contribution in [-0.4, -0.2) is 54.3 Å². The Morgan fingerprint density at radius 1 is 1.29 bits per heavy atom. The van der Waals surface area contributed by atoms with Crippen molar-refractivity contribution in [2.24, 2.45) is 0 Å². The van der Waals surface area contributed by atoms with Crippen LogP contribution in [0.2, 0.25) is 0 Å². The van der Waals surface area contributed by atoms with E-state index in [4.69, 9.17) is 4.74 Å². The third-order valence-corrected chi connectivity index (χ3v) is 4.05. The number of nitrogens with one attached hydrogen (secondary N) is 1. The number of halogens is 1. The van der Waals surface area contributed by atoms with Crippen LogP contribution in [0.4, 0.5) is 5.69 Å². The summed E-state index contributed by atoms with van der Waals surface area (Å²) >= 11 is 3.43. The van der Waals surface area contributed by atoms with E-state index in [9.17, 15) is 0 Å². The Hall–Kier alpha value is -1.24. The fourth-order valence-corrected chi connectivity index (χ4v) is 2.82. The van der Waals surface area contributed by atoms with Crippen molar-refractivity contribution in [1.29, 1.82) is 0 Å². The molecule has 1 aliphatic rings. The number of rotatable bonds is 5. The van der Waals surface area contributed by atoms with Gasteiger partial charge in [0.15, 0.2) is 0 Å². The number of anilines is 1. The first-order valence-electron chi connectivity index (χ1n) is 7.27. The minimum Gasteiger partial charge on any atom is -0.383 e. The van der Waals surface area contributed by atoms with Crippen molar-refractivity contribution in [3.8, 4) is 0 Å². The number of morpholine rings is 1. The SMILES string of the molecule is Brc1cnc2c(NCCCN3CCOCC3)ccnc2c1. The molecule has 5 nitrogen and oxygen atoms in total. The third kappa shape index (κ3) is 3.90. The van der Waals surface area contributed by atoms with Crippen LogP contribution in [0.25, 0.3) is 11.0 Å². The van der Waals surface area contributed by atoms with Crippen LogP contribution < -0.4 is 5.32 Å². The molecule has 0 atom stereocenters. The zero-order valence-corrected chi connectivity index (χ0v) is 13.5. The molecule has 1 aliphatic heterocycles. The molecule has 6 heteroatoms. The largest absolute Gasteiger partial charge is 0.383 e. The summed E-state index contributed by atoms with van der Waals surface area (Å²) in [5.74, 6) is 0. The van der Waals surface area contributed by atoms with E-state index in [1.807, 2.05) is 24.5 Å². The van der Waals surface area contributed by atoms with Gasteiger partial charge in [-0.25, -0.2) is 0 Å². The Morgan fingerprint density at radius 3 is 3.00 bits per heavy atom. The lowest BCUT2D eigenvalue weighted by molar-refractivity contribution is 0.0378. The molecule has 0 aromatic carbocycles. The van der Waals surface area contributed by atoms with Crippen LogP contribution in [0.15, 0.2) is 29.0 Å². The molecule has 1 fully saturated rings. The first-order chi connectivity index (χ1) is 10.3. The van der Waals surface area contributed by atoms with E-state index < -0.39 is 0 Å². The summed E-state index contributed by atoms with van der Waals surface area (Å²) < 4.78 is 6.31. The van der Waals surface area contributed by atoms with E-state index >= 15 is 0 Å². The second-order valence-electron chi connectivity index (χ2n) is 5.11. The van der Waals surface area contributed by atoms with E-state index in [0.717, 1.165) is 67.0 Å². The van der Waals surface area contributed by atoms with Gasteiger partial charge >= 0.3 is 0 Å². The van der Waals surface area contributed by atoms with Crippen molar-refractivity contribution in [3.63, 3.8) is 0 Å². The summed E-state index contributed by atoms with van der Waals surface area (Å²) in [7, 11) is 0. The molecule has 0 saturated carbocycles. The van der Waals surface area contributed by atoms with Crippen LogP contribution in [0.1, 0.15) is 6.42 Å². The number of fused-ring (bicyclic) bond motifs is 1. The van der Waals surface area contributed by atoms with Crippen molar-refractivity contribution in [1.82, 2.24) is 14.9 Å². The van der Waals surface area contributed by atoms with Gasteiger partial charge in [0, 0.05) is 36.5 Å². The zero-order valence-electron chi connectivity index (χ0n) is 11.9. The normalized spacial score (nSPS) is 16.2. The van der Waals surface area contributed by atoms with Gasteiger partial charge < -0.3 is 10.1 Å². The Kier molecular flexibility index (Phi) is 5.00. The maximum atomic E-state index is 5.36. The molecule has 21 heavy (non-hydrogen) atoms. The highest BCUT2D eigenvalue weighted by atomic mass is 79.9. The van der Waals surface area contributed by atoms with Crippen LogP contribution in [0.5, 0.6) is 0 Å². The van der Waals surface area contributed by atoms with Gasteiger partial charge in [0.25, 0.3) is 0 Å². The lowest BCUT2D eigenvalue weighted by Crippen LogP contribution is -2.37. The number of hydrogen-bond donors (Lipinski definition) is 1. The fraction of sp³-hybridized carbons (Fsp3) is 0.467. The van der Waals surface area contributed by atoms with Gasteiger partial charge in [-0.05, 0) is 41.0 Å². The smallest absolute Gasteiger partial charge is 0.112 e. The monoisotopic (exact) mass is 350 g/mol. The second-order valence-corrected chi connectivity index (χ2v) is 6.03. The highest BCUT2D eigenvalue weighted by Gasteiger charge is 2.09. The van der Waals surface area contributed by atoms with Crippen LogP contribution in [-0.2, 0) is 4.74 Å². The molecule has 2 aromatic rings. The summed E-state index contributed by atoms with van der Waals surface area (Å²) in [5, 5.41) is 3.47. The van der Waals surface area contributed by atoms with Gasteiger partial charge in [0.05, 0.1) is 24.4 Å². The highest BCUT2D eigenvalue weighted by molar-refractivity contribution is 9.10. The minimum atomic E-state index is 0.862. The van der Waals surface area contributed by atoms with Crippen LogP contribution in [0, 0.1) is 0 Å². The summed E-state index contributed by atoms with van der Waals surface area (Å²) in [6.07, 6.45) is 4.74. The van der Waals surface area contributed by atoms with Gasteiger partial charge in [-0.3, -0.25) is 14.9 Å². The van der Waals surface area contributed by atoms with Crippen LogP contribution >= 0.6 is 15.9 Å². The number of aromatic nitrogens is 2. The molecular weight excluding hydrogens is 332 g/mol. The number of nitrogens with zero attached hydrogens (tertiary/aromatic N) is 3. The molecular formula is C15H19BrN4O. The van der Waals surface area contributed by atoms with E-state index in [2.05, 4.69) is 36.1 Å². The van der Waals surface area contributed by atoms with E-state index in [-0.39, 0.29) is 0 Å². The van der Waals surface area contributed by atoms with Crippen molar-refractivity contribution in [3.05, 3.63) is 29.0 Å². The Morgan fingerprint density at radius 2 is 2.14 bits per heavy atom. The molecule has 0 unspecified atom stereocenters. The highest BCUT2D eigenvalue weighted by Crippen LogP contribution is 2.21. The first-order valence-corrected chi connectivity index (χ1v) is 8.06. The molecule has 0 spiro atoms. The maximum absolute atomic E-state index is 5.36. The summed E-state index contributed by atoms with van der Waals surface area (Å²) in [6, 6.07) is 3.97. The van der Waals surface area contributed by atoms with Gasteiger partial charge in [-0.1, -0.05) is 0 Å². The predicted molar refractivity (Wildman–Crippen MR) is 87.6 cm³/mol. The Balaban J connectivity index is 1.55. The van der Waals surface area contributed by atoms with Gasteiger partial charge in [-0.15, -0.1) is 0 Å². The molecule has 112 valence electrons. The number of hydrogen-bond acceptors (Lipinski definition) is 5. The lowest BCUT2D eigenvalue weighted by Gasteiger charge is -2.26. The van der Waals surface area contributed by atoms with Crippen LogP contribution in [0.3, 0.4) is 0 Å². The maximum Gasteiger partial charge on any atom is 0.112 e. The van der Waals surface area contributed by atoms with E-state index in [1.165, 1.54) is 0 Å². The molecule has 0 amide bonds. The summed E-state index contributed by atoms with van der Waals surface area (Å²) in [5.41, 5.74) is 2.88. The van der Waals surface area contributed by atoms with E-state index in [1.54, 1.807) is 0 Å². The first kappa shape index (κ1) is 14.7. The van der Waals surface area contributed by atoms with Gasteiger partial charge in [0.2, 0.25) is 0 Å². The molecule has 3 rings (SSSR count). The number of pyridine rings is 2. The average molecular weight is 351 g/mol. The Labute approximate surface area is 132 Å². The Bertz CT molecular complexity index is 601. The standard InChI is InChI=1S/C15H19BrN4O/c16-12-10-14-15(19-11-12)13(2-4-18-14)17-3-1-5-20-6-8-21-9-7-20/h2,4,10-11H,1,3,5-9H2,(H,17,18). The van der Waals surface area contributed by atoms with Crippen molar-refractivity contribution >= 4 is 32.7 Å². The molecule has 3 heterocycles. The molecule has 0 bridgehead atoms. The van der Waals surface area contributed by atoms with Crippen molar-refractivity contribution < 1.29 is 4.74 Å². The van der Waals surface area contributed by atoms with E-state index in [0.29, 0.717) is 0 Å². The second kappa shape index (κ2) is 7.15. The lowest BCUT2D eigenvalue weighted by atomic mass is 10.2.